The lowest BCUT2D eigenvalue weighted by atomic mass is 10.1. The second-order valence-electron chi connectivity index (χ2n) is 9.07. The number of nitrogens with zero attached hydrogens (tertiary/aromatic N) is 6. The highest BCUT2D eigenvalue weighted by atomic mass is 16.1. The van der Waals surface area contributed by atoms with Crippen molar-refractivity contribution in [2.45, 2.75) is 44.7 Å². The van der Waals surface area contributed by atoms with Crippen LogP contribution in [-0.4, -0.2) is 43.2 Å². The molecular weight excluding hydrogens is 426 g/mol. The van der Waals surface area contributed by atoms with E-state index in [0.717, 1.165) is 61.8 Å². The Morgan fingerprint density at radius 1 is 1.06 bits per heavy atom. The smallest absolute Gasteiger partial charge is 0.279 e. The number of anilines is 1. The van der Waals surface area contributed by atoms with Crippen LogP contribution in [0.4, 0.5) is 5.95 Å². The summed E-state index contributed by atoms with van der Waals surface area (Å²) in [4.78, 5) is 29.9. The monoisotopic (exact) mass is 457 g/mol. The number of pyridine rings is 1. The maximum absolute atomic E-state index is 13.6. The fourth-order valence-electron chi connectivity index (χ4n) is 4.74. The Hall–Kier alpha value is -3.52. The summed E-state index contributed by atoms with van der Waals surface area (Å²) in [6, 6.07) is 16.2. The molecule has 0 radical (unpaired) electrons. The van der Waals surface area contributed by atoms with Crippen LogP contribution in [0.2, 0.25) is 0 Å². The highest BCUT2D eigenvalue weighted by molar-refractivity contribution is 5.74. The number of aromatic nitrogens is 5. The molecule has 0 amide bonds. The number of hydrogen-bond acceptors (Lipinski definition) is 6. The van der Waals surface area contributed by atoms with Crippen molar-refractivity contribution in [2.75, 3.05) is 18.0 Å². The number of nitrogens with two attached hydrogens (primary N) is 1. The van der Waals surface area contributed by atoms with Crippen LogP contribution < -0.4 is 16.2 Å². The summed E-state index contributed by atoms with van der Waals surface area (Å²) in [5.74, 6) is 1.53. The molecule has 4 aromatic rings. The predicted molar refractivity (Wildman–Crippen MR) is 134 cm³/mol. The van der Waals surface area contributed by atoms with Gasteiger partial charge in [-0.1, -0.05) is 36.4 Å². The molecule has 0 spiro atoms. The Kier molecular flexibility index (Phi) is 6.40. The third-order valence-corrected chi connectivity index (χ3v) is 6.54. The average Bonchev–Trinajstić information content (AvgIpc) is 3.21. The van der Waals surface area contributed by atoms with Crippen LogP contribution in [0.3, 0.4) is 0 Å². The van der Waals surface area contributed by atoms with Crippen LogP contribution in [0, 0.1) is 0 Å². The van der Waals surface area contributed by atoms with Gasteiger partial charge in [0.15, 0.2) is 11.2 Å². The number of hydrogen-bond donors (Lipinski definition) is 1. The summed E-state index contributed by atoms with van der Waals surface area (Å²) in [7, 11) is 1.81. The molecule has 8 heteroatoms. The van der Waals surface area contributed by atoms with Gasteiger partial charge in [0.1, 0.15) is 5.82 Å². The van der Waals surface area contributed by atoms with E-state index in [2.05, 4.69) is 22.0 Å². The van der Waals surface area contributed by atoms with Crippen molar-refractivity contribution in [1.82, 2.24) is 24.1 Å². The van der Waals surface area contributed by atoms with Gasteiger partial charge < -0.3 is 10.6 Å². The molecule has 1 saturated heterocycles. The van der Waals surface area contributed by atoms with Crippen LogP contribution in [0.5, 0.6) is 0 Å². The zero-order valence-electron chi connectivity index (χ0n) is 19.6. The van der Waals surface area contributed by atoms with Gasteiger partial charge in [-0.2, -0.15) is 4.98 Å². The number of rotatable bonds is 7. The highest BCUT2D eigenvalue weighted by Gasteiger charge is 2.25. The quantitative estimate of drug-likeness (QED) is 0.459. The van der Waals surface area contributed by atoms with E-state index in [0.29, 0.717) is 24.1 Å². The maximum Gasteiger partial charge on any atom is 0.279 e. The van der Waals surface area contributed by atoms with Crippen molar-refractivity contribution < 1.29 is 0 Å². The van der Waals surface area contributed by atoms with Crippen molar-refractivity contribution in [3.63, 3.8) is 0 Å². The van der Waals surface area contributed by atoms with E-state index in [9.17, 15) is 4.79 Å². The van der Waals surface area contributed by atoms with E-state index in [1.54, 1.807) is 11.6 Å². The first-order valence-electron chi connectivity index (χ1n) is 12.0. The number of imidazole rings is 1. The van der Waals surface area contributed by atoms with E-state index in [-0.39, 0.29) is 11.6 Å². The summed E-state index contributed by atoms with van der Waals surface area (Å²) in [6.45, 7) is 2.17. The SMILES string of the molecule is Cn1c(CCCc2ccccn2)nc2nc(N3CCCC(N)C3)n(Cc3ccccc3)c2c1=O. The predicted octanol–water partition coefficient (Wildman–Crippen LogP) is 2.68. The Labute approximate surface area is 199 Å². The minimum atomic E-state index is -0.0613. The molecule has 1 aromatic carbocycles. The first-order chi connectivity index (χ1) is 16.6. The third-order valence-electron chi connectivity index (χ3n) is 6.54. The van der Waals surface area contributed by atoms with Gasteiger partial charge in [0.2, 0.25) is 5.95 Å². The molecule has 1 unspecified atom stereocenters. The second-order valence-corrected chi connectivity index (χ2v) is 9.07. The number of benzene rings is 1. The summed E-state index contributed by atoms with van der Waals surface area (Å²) in [6.07, 6.45) is 6.22. The zero-order chi connectivity index (χ0) is 23.5. The molecule has 0 bridgehead atoms. The molecule has 4 heterocycles. The van der Waals surface area contributed by atoms with Crippen molar-refractivity contribution in [3.8, 4) is 0 Å². The molecule has 1 fully saturated rings. The lowest BCUT2D eigenvalue weighted by molar-refractivity contribution is 0.495. The fraction of sp³-hybridized carbons (Fsp3) is 0.385. The van der Waals surface area contributed by atoms with Gasteiger partial charge in [0.25, 0.3) is 5.56 Å². The van der Waals surface area contributed by atoms with Crippen LogP contribution in [0.25, 0.3) is 11.2 Å². The molecule has 1 atom stereocenters. The van der Waals surface area contributed by atoms with Crippen molar-refractivity contribution in [1.29, 1.82) is 0 Å². The Balaban J connectivity index is 1.52. The summed E-state index contributed by atoms with van der Waals surface area (Å²) < 4.78 is 3.70. The third kappa shape index (κ3) is 4.59. The number of piperidine rings is 1. The standard InChI is InChI=1S/C26H31N7O/c1-31-22(14-7-13-21-12-5-6-15-28-21)29-24-23(25(31)34)33(17-19-9-3-2-4-10-19)26(30-24)32-16-8-11-20(27)18-32/h2-6,9-10,12,15,20H,7-8,11,13-14,16-18,27H2,1H3. The highest BCUT2D eigenvalue weighted by Crippen LogP contribution is 2.24. The fourth-order valence-corrected chi connectivity index (χ4v) is 4.74. The Morgan fingerprint density at radius 3 is 2.65 bits per heavy atom. The normalized spacial score (nSPS) is 16.3. The Morgan fingerprint density at radius 2 is 1.88 bits per heavy atom. The van der Waals surface area contributed by atoms with Crippen molar-refractivity contribution in [3.05, 3.63) is 82.2 Å². The summed E-state index contributed by atoms with van der Waals surface area (Å²) in [5.41, 5.74) is 9.44. The number of aryl methyl sites for hydroxylation is 2. The van der Waals surface area contributed by atoms with E-state index < -0.39 is 0 Å². The van der Waals surface area contributed by atoms with Crippen LogP contribution in [-0.2, 0) is 26.4 Å². The average molecular weight is 458 g/mol. The van der Waals surface area contributed by atoms with Gasteiger partial charge >= 0.3 is 0 Å². The first kappa shape index (κ1) is 22.3. The topological polar surface area (TPSA) is 94.9 Å². The molecule has 5 rings (SSSR count). The van der Waals surface area contributed by atoms with Crippen molar-refractivity contribution in [2.24, 2.45) is 12.8 Å². The molecule has 0 aliphatic carbocycles. The molecular formula is C26H31N7O. The molecule has 176 valence electrons. The summed E-state index contributed by atoms with van der Waals surface area (Å²) in [5, 5.41) is 0. The van der Waals surface area contributed by atoms with Gasteiger partial charge in [-0.25, -0.2) is 4.98 Å². The molecule has 34 heavy (non-hydrogen) atoms. The van der Waals surface area contributed by atoms with Crippen LogP contribution in [0.15, 0.2) is 59.5 Å². The van der Waals surface area contributed by atoms with Crippen LogP contribution >= 0.6 is 0 Å². The lowest BCUT2D eigenvalue weighted by Gasteiger charge is -2.31. The van der Waals surface area contributed by atoms with Crippen LogP contribution in [0.1, 0.15) is 36.3 Å². The zero-order valence-corrected chi connectivity index (χ0v) is 19.6. The minimum absolute atomic E-state index is 0.0613. The molecule has 2 N–H and O–H groups in total. The second kappa shape index (κ2) is 9.77. The van der Waals surface area contributed by atoms with E-state index in [1.807, 2.05) is 47.2 Å². The first-order valence-corrected chi connectivity index (χ1v) is 12.0. The van der Waals surface area contributed by atoms with E-state index in [4.69, 9.17) is 15.7 Å². The molecule has 1 aliphatic rings. The van der Waals surface area contributed by atoms with Gasteiger partial charge in [-0.05, 0) is 43.4 Å². The molecule has 0 saturated carbocycles. The molecule has 1 aliphatic heterocycles. The van der Waals surface area contributed by atoms with E-state index in [1.165, 1.54) is 0 Å². The minimum Gasteiger partial charge on any atom is -0.341 e. The lowest BCUT2D eigenvalue weighted by Crippen LogP contribution is -2.44. The van der Waals surface area contributed by atoms with Gasteiger partial charge in [-0.3, -0.25) is 18.9 Å². The largest absolute Gasteiger partial charge is 0.341 e. The Bertz CT molecular complexity index is 1310. The van der Waals surface area contributed by atoms with E-state index >= 15 is 0 Å². The molecule has 8 nitrogen and oxygen atoms in total. The van der Waals surface area contributed by atoms with Crippen molar-refractivity contribution >= 4 is 17.1 Å². The van der Waals surface area contributed by atoms with Gasteiger partial charge in [-0.15, -0.1) is 0 Å². The van der Waals surface area contributed by atoms with Gasteiger partial charge in [0, 0.05) is 44.5 Å². The summed E-state index contributed by atoms with van der Waals surface area (Å²) >= 11 is 0. The van der Waals surface area contributed by atoms with Gasteiger partial charge in [0.05, 0.1) is 6.54 Å². The molecule has 3 aromatic heterocycles. The number of fused-ring (bicyclic) bond motifs is 1. The maximum atomic E-state index is 13.6.